The van der Waals surface area contributed by atoms with E-state index in [4.69, 9.17) is 16.7 Å². The predicted molar refractivity (Wildman–Crippen MR) is 77.4 cm³/mol. The van der Waals surface area contributed by atoms with Crippen LogP contribution in [-0.2, 0) is 4.79 Å². The summed E-state index contributed by atoms with van der Waals surface area (Å²) in [4.78, 5) is 25.8. The number of nitrogens with zero attached hydrogens (tertiary/aromatic N) is 2. The van der Waals surface area contributed by atoms with E-state index >= 15 is 0 Å². The van der Waals surface area contributed by atoms with Crippen molar-refractivity contribution in [3.05, 3.63) is 34.6 Å². The van der Waals surface area contributed by atoms with Gasteiger partial charge in [-0.3, -0.25) is 14.5 Å². The standard InChI is InChI=1S/C14H16ClFN2O4/c1-17(7-13(20)21)11-5-18(6-12(11)19)14(22)9-3-2-8(15)4-10(9)16/h2-4,11-12,19H,5-7H2,1H3,(H,20,21)/t11-,12-/m1/s1. The molecule has 1 aliphatic heterocycles. The summed E-state index contributed by atoms with van der Waals surface area (Å²) in [6.07, 6.45) is -0.885. The molecule has 0 bridgehead atoms. The third-order valence-corrected chi connectivity index (χ3v) is 3.89. The number of carboxylic acids is 1. The first-order valence-electron chi connectivity index (χ1n) is 6.64. The average molecular weight is 331 g/mol. The number of carboxylic acid groups (broad SMARTS) is 1. The van der Waals surface area contributed by atoms with Crippen LogP contribution >= 0.6 is 11.6 Å². The molecule has 0 aromatic heterocycles. The third-order valence-electron chi connectivity index (χ3n) is 3.66. The maximum absolute atomic E-state index is 13.8. The van der Waals surface area contributed by atoms with Crippen LogP contribution in [0.3, 0.4) is 0 Å². The minimum Gasteiger partial charge on any atom is -0.480 e. The van der Waals surface area contributed by atoms with E-state index in [2.05, 4.69) is 0 Å². The number of aliphatic carboxylic acids is 1. The Bertz CT molecular complexity index is 598. The molecule has 0 saturated carbocycles. The van der Waals surface area contributed by atoms with Crippen molar-refractivity contribution >= 4 is 23.5 Å². The molecule has 0 spiro atoms. The Balaban J connectivity index is 2.11. The first-order valence-corrected chi connectivity index (χ1v) is 7.02. The zero-order valence-corrected chi connectivity index (χ0v) is 12.6. The van der Waals surface area contributed by atoms with E-state index in [0.717, 1.165) is 6.07 Å². The van der Waals surface area contributed by atoms with Crippen molar-refractivity contribution in [2.24, 2.45) is 0 Å². The third kappa shape index (κ3) is 3.55. The average Bonchev–Trinajstić information content (AvgIpc) is 2.79. The fraction of sp³-hybridized carbons (Fsp3) is 0.429. The Morgan fingerprint density at radius 3 is 2.73 bits per heavy atom. The highest BCUT2D eigenvalue weighted by Gasteiger charge is 2.37. The molecule has 1 amide bonds. The fourth-order valence-corrected chi connectivity index (χ4v) is 2.69. The van der Waals surface area contributed by atoms with Gasteiger partial charge >= 0.3 is 5.97 Å². The van der Waals surface area contributed by atoms with Gasteiger partial charge in [0.05, 0.1) is 24.3 Å². The van der Waals surface area contributed by atoms with Gasteiger partial charge in [-0.15, -0.1) is 0 Å². The van der Waals surface area contributed by atoms with Crippen LogP contribution in [0.1, 0.15) is 10.4 Å². The van der Waals surface area contributed by atoms with Gasteiger partial charge in [0.1, 0.15) is 5.82 Å². The molecule has 2 N–H and O–H groups in total. The normalized spacial score (nSPS) is 21.4. The van der Waals surface area contributed by atoms with E-state index in [1.807, 2.05) is 0 Å². The predicted octanol–water partition coefficient (Wildman–Crippen LogP) is 0.681. The number of β-amino-alcohol motifs (C(OH)–C–C–N with tert-alkyl or cyclic N) is 1. The summed E-state index contributed by atoms with van der Waals surface area (Å²) in [5.74, 6) is -2.31. The number of carbonyl (C=O) groups excluding carboxylic acids is 1. The first kappa shape index (κ1) is 16.7. The largest absolute Gasteiger partial charge is 0.480 e. The lowest BCUT2D eigenvalue weighted by molar-refractivity contribution is -0.138. The van der Waals surface area contributed by atoms with Gasteiger partial charge in [-0.25, -0.2) is 4.39 Å². The van der Waals surface area contributed by atoms with Gasteiger partial charge in [-0.2, -0.15) is 0 Å². The highest BCUT2D eigenvalue weighted by molar-refractivity contribution is 6.30. The number of likely N-dealkylation sites (tertiary alicyclic amines) is 1. The number of carbonyl (C=O) groups is 2. The van der Waals surface area contributed by atoms with Gasteiger partial charge in [0.25, 0.3) is 5.91 Å². The highest BCUT2D eigenvalue weighted by atomic mass is 35.5. The van der Waals surface area contributed by atoms with Crippen LogP contribution in [0.15, 0.2) is 18.2 Å². The van der Waals surface area contributed by atoms with Crippen LogP contribution in [0.4, 0.5) is 4.39 Å². The van der Waals surface area contributed by atoms with Crippen LogP contribution in [-0.4, -0.2) is 70.7 Å². The monoisotopic (exact) mass is 330 g/mol. The Morgan fingerprint density at radius 2 is 2.14 bits per heavy atom. The molecule has 1 fully saturated rings. The van der Waals surface area contributed by atoms with Gasteiger partial charge in [-0.05, 0) is 25.2 Å². The Morgan fingerprint density at radius 1 is 1.45 bits per heavy atom. The summed E-state index contributed by atoms with van der Waals surface area (Å²) in [5, 5.41) is 19.0. The van der Waals surface area contributed by atoms with Crippen LogP contribution in [0, 0.1) is 5.82 Å². The second-order valence-corrected chi connectivity index (χ2v) is 5.71. The number of amides is 1. The van der Waals surface area contributed by atoms with Crippen molar-refractivity contribution < 1.29 is 24.2 Å². The second kappa shape index (κ2) is 6.60. The van der Waals surface area contributed by atoms with E-state index in [0.29, 0.717) is 0 Å². The van der Waals surface area contributed by atoms with Crippen LogP contribution < -0.4 is 0 Å². The molecule has 1 aliphatic rings. The Hall–Kier alpha value is -1.70. The van der Waals surface area contributed by atoms with Gasteiger partial charge < -0.3 is 15.1 Å². The molecule has 6 nitrogen and oxygen atoms in total. The summed E-state index contributed by atoms with van der Waals surface area (Å²) in [7, 11) is 1.55. The molecule has 1 aromatic carbocycles. The minimum absolute atomic E-state index is 0.0233. The molecular formula is C14H16ClFN2O4. The molecule has 2 atom stereocenters. The summed E-state index contributed by atoms with van der Waals surface area (Å²) in [6, 6.07) is 3.25. The van der Waals surface area contributed by atoms with Gasteiger partial charge in [0.15, 0.2) is 0 Å². The molecule has 22 heavy (non-hydrogen) atoms. The van der Waals surface area contributed by atoms with Crippen molar-refractivity contribution in [1.29, 1.82) is 0 Å². The van der Waals surface area contributed by atoms with Crippen molar-refractivity contribution in [3.63, 3.8) is 0 Å². The van der Waals surface area contributed by atoms with Gasteiger partial charge in [0, 0.05) is 18.1 Å². The summed E-state index contributed by atoms with van der Waals surface area (Å²) < 4.78 is 13.8. The summed E-state index contributed by atoms with van der Waals surface area (Å²) in [6.45, 7) is -0.0968. The SMILES string of the molecule is CN(CC(=O)O)[C@@H]1CN(C(=O)c2ccc(Cl)cc2F)C[C@H]1O. The van der Waals surface area contributed by atoms with Crippen LogP contribution in [0.5, 0.6) is 0 Å². The Labute approximate surface area is 131 Å². The fourth-order valence-electron chi connectivity index (χ4n) is 2.53. The molecule has 1 heterocycles. The minimum atomic E-state index is -1.02. The number of hydrogen-bond donors (Lipinski definition) is 2. The number of halogens is 2. The number of aliphatic hydroxyl groups excluding tert-OH is 1. The molecule has 8 heteroatoms. The molecule has 1 saturated heterocycles. The number of rotatable bonds is 4. The maximum Gasteiger partial charge on any atom is 0.317 e. The zero-order valence-electron chi connectivity index (χ0n) is 11.9. The molecule has 0 unspecified atom stereocenters. The smallest absolute Gasteiger partial charge is 0.317 e. The van der Waals surface area contributed by atoms with Crippen LogP contribution in [0.25, 0.3) is 0 Å². The number of likely N-dealkylation sites (N-methyl/N-ethyl adjacent to an activating group) is 1. The summed E-state index contributed by atoms with van der Waals surface area (Å²) in [5.41, 5.74) is -0.127. The van der Waals surface area contributed by atoms with E-state index in [9.17, 15) is 19.1 Å². The van der Waals surface area contributed by atoms with Crippen molar-refractivity contribution in [2.75, 3.05) is 26.7 Å². The molecule has 2 rings (SSSR count). The quantitative estimate of drug-likeness (QED) is 0.848. The van der Waals surface area contributed by atoms with E-state index < -0.39 is 29.8 Å². The molecule has 120 valence electrons. The molecule has 0 radical (unpaired) electrons. The van der Waals surface area contributed by atoms with Crippen LogP contribution in [0.2, 0.25) is 5.02 Å². The van der Waals surface area contributed by atoms with E-state index in [-0.39, 0.29) is 30.2 Å². The molecular weight excluding hydrogens is 315 g/mol. The lowest BCUT2D eigenvalue weighted by Crippen LogP contribution is -2.43. The van der Waals surface area contributed by atoms with Crippen molar-refractivity contribution in [3.8, 4) is 0 Å². The molecule has 0 aliphatic carbocycles. The number of benzene rings is 1. The topological polar surface area (TPSA) is 81.1 Å². The van der Waals surface area contributed by atoms with E-state index in [1.165, 1.54) is 21.9 Å². The van der Waals surface area contributed by atoms with Crippen molar-refractivity contribution in [1.82, 2.24) is 9.80 Å². The maximum atomic E-state index is 13.8. The lowest BCUT2D eigenvalue weighted by atomic mass is 10.2. The highest BCUT2D eigenvalue weighted by Crippen LogP contribution is 2.21. The lowest BCUT2D eigenvalue weighted by Gasteiger charge is -2.24. The second-order valence-electron chi connectivity index (χ2n) is 5.28. The zero-order chi connectivity index (χ0) is 16.4. The van der Waals surface area contributed by atoms with Gasteiger partial charge in [-0.1, -0.05) is 11.6 Å². The molecule has 1 aromatic rings. The van der Waals surface area contributed by atoms with Crippen molar-refractivity contribution in [2.45, 2.75) is 12.1 Å². The van der Waals surface area contributed by atoms with Gasteiger partial charge in [0.2, 0.25) is 0 Å². The number of aliphatic hydroxyl groups is 1. The Kier molecular flexibility index (Phi) is 5.00. The summed E-state index contributed by atoms with van der Waals surface area (Å²) >= 11 is 5.65. The first-order chi connectivity index (χ1) is 10.3. The van der Waals surface area contributed by atoms with E-state index in [1.54, 1.807) is 7.05 Å². The number of hydrogen-bond acceptors (Lipinski definition) is 4.